The number of hydrogen-bond donors (Lipinski definition) is 1. The molecular formula is C16H20N4O4S. The predicted octanol–water partition coefficient (Wildman–Crippen LogP) is 0.819. The number of carbonyl (C=O) groups is 1. The number of carbonyl (C=O) groups excluding carboxylic acids is 1. The summed E-state index contributed by atoms with van der Waals surface area (Å²) in [6, 6.07) is 6.57. The lowest BCUT2D eigenvalue weighted by atomic mass is 10.2. The Kier molecular flexibility index (Phi) is 6.43. The van der Waals surface area contributed by atoms with Crippen molar-refractivity contribution < 1.29 is 17.9 Å². The summed E-state index contributed by atoms with van der Waals surface area (Å²) in [6.07, 6.45) is 5.75. The molecule has 0 aliphatic rings. The summed E-state index contributed by atoms with van der Waals surface area (Å²) in [4.78, 5) is 20.0. The monoisotopic (exact) mass is 364 g/mol. The van der Waals surface area contributed by atoms with Gasteiger partial charge >= 0.3 is 0 Å². The summed E-state index contributed by atoms with van der Waals surface area (Å²) in [5, 5.41) is 2.77. The number of nitrogens with one attached hydrogen (secondary N) is 1. The number of hydrogen-bond acceptors (Lipinski definition) is 6. The molecule has 1 N–H and O–H groups in total. The Hall–Kier alpha value is -2.52. The summed E-state index contributed by atoms with van der Waals surface area (Å²) in [5.41, 5.74) is 1.27. The molecule has 2 rings (SSSR count). The van der Waals surface area contributed by atoms with Crippen LogP contribution in [0.5, 0.6) is 0 Å². The molecule has 2 aromatic rings. The Morgan fingerprint density at radius 3 is 2.52 bits per heavy atom. The number of methoxy groups -OCH3 is 1. The largest absolute Gasteiger partial charge is 0.383 e. The van der Waals surface area contributed by atoms with Crippen molar-refractivity contribution in [2.45, 2.75) is 6.54 Å². The zero-order chi connectivity index (χ0) is 18.3. The second-order valence-electron chi connectivity index (χ2n) is 5.27. The molecule has 0 fully saturated rings. The fraction of sp³-hybridized carbons (Fsp3) is 0.312. The molecule has 1 amide bonds. The van der Waals surface area contributed by atoms with Gasteiger partial charge in [0.2, 0.25) is 10.0 Å². The number of sulfonamides is 1. The molecule has 0 atom stereocenters. The average Bonchev–Trinajstić information content (AvgIpc) is 2.60. The average molecular weight is 364 g/mol. The van der Waals surface area contributed by atoms with Gasteiger partial charge in [0, 0.05) is 37.8 Å². The number of anilines is 1. The van der Waals surface area contributed by atoms with Crippen molar-refractivity contribution in [3.63, 3.8) is 0 Å². The van der Waals surface area contributed by atoms with Crippen LogP contribution in [0.4, 0.5) is 5.82 Å². The van der Waals surface area contributed by atoms with Crippen molar-refractivity contribution in [1.29, 1.82) is 0 Å². The van der Waals surface area contributed by atoms with Gasteiger partial charge < -0.3 is 10.1 Å². The molecule has 9 heteroatoms. The number of ether oxygens (including phenoxy) is 1. The smallest absolute Gasteiger partial charge is 0.251 e. The molecule has 25 heavy (non-hydrogen) atoms. The summed E-state index contributed by atoms with van der Waals surface area (Å²) in [7, 11) is -1.95. The van der Waals surface area contributed by atoms with Crippen LogP contribution in [0.1, 0.15) is 15.9 Å². The van der Waals surface area contributed by atoms with Crippen LogP contribution < -0.4 is 9.62 Å². The fourth-order valence-corrected chi connectivity index (χ4v) is 2.93. The molecule has 2 aromatic heterocycles. The van der Waals surface area contributed by atoms with E-state index in [0.29, 0.717) is 11.4 Å². The van der Waals surface area contributed by atoms with E-state index < -0.39 is 10.0 Å². The first-order valence-electron chi connectivity index (χ1n) is 7.51. The van der Waals surface area contributed by atoms with Gasteiger partial charge in [0.05, 0.1) is 19.4 Å². The standard InChI is InChI=1S/C16H20N4O4S/c1-24-10-9-20(25(2,22)23)15-4-3-13(11-18-15)12-19-16(21)14-5-7-17-8-6-14/h3-8,11H,9-10,12H2,1-2H3,(H,19,21). The normalized spacial score (nSPS) is 11.1. The van der Waals surface area contributed by atoms with E-state index in [1.807, 2.05) is 0 Å². The van der Waals surface area contributed by atoms with Gasteiger partial charge in [-0.2, -0.15) is 0 Å². The molecule has 0 aliphatic carbocycles. The summed E-state index contributed by atoms with van der Waals surface area (Å²) in [5.74, 6) is 0.0908. The Labute approximate surface area is 146 Å². The van der Waals surface area contributed by atoms with Crippen molar-refractivity contribution in [1.82, 2.24) is 15.3 Å². The summed E-state index contributed by atoms with van der Waals surface area (Å²) < 4.78 is 29.8. The van der Waals surface area contributed by atoms with E-state index in [4.69, 9.17) is 4.74 Å². The van der Waals surface area contributed by atoms with Crippen LogP contribution in [-0.2, 0) is 21.3 Å². The van der Waals surface area contributed by atoms with Crippen LogP contribution in [-0.4, -0.2) is 50.8 Å². The first-order valence-corrected chi connectivity index (χ1v) is 9.36. The maximum Gasteiger partial charge on any atom is 0.251 e. The van der Waals surface area contributed by atoms with E-state index in [1.165, 1.54) is 17.6 Å². The van der Waals surface area contributed by atoms with E-state index in [1.54, 1.807) is 36.7 Å². The fourth-order valence-electron chi connectivity index (χ4n) is 2.08. The van der Waals surface area contributed by atoms with Gasteiger partial charge in [0.15, 0.2) is 0 Å². The minimum absolute atomic E-state index is 0.181. The van der Waals surface area contributed by atoms with Gasteiger partial charge in [-0.05, 0) is 23.8 Å². The molecule has 0 spiro atoms. The molecular weight excluding hydrogens is 344 g/mol. The van der Waals surface area contributed by atoms with Gasteiger partial charge in [-0.15, -0.1) is 0 Å². The molecule has 2 heterocycles. The van der Waals surface area contributed by atoms with E-state index >= 15 is 0 Å². The molecule has 0 saturated heterocycles. The maximum absolute atomic E-state index is 12.0. The molecule has 0 unspecified atom stereocenters. The van der Waals surface area contributed by atoms with Crippen LogP contribution in [0.3, 0.4) is 0 Å². The Bertz CT molecular complexity index is 795. The van der Waals surface area contributed by atoms with Crippen LogP contribution in [0, 0.1) is 0 Å². The number of pyridine rings is 2. The third-order valence-corrected chi connectivity index (χ3v) is 4.53. The van der Waals surface area contributed by atoms with Gasteiger partial charge in [0.1, 0.15) is 5.82 Å². The molecule has 0 bridgehead atoms. The van der Waals surface area contributed by atoms with Crippen LogP contribution in [0.2, 0.25) is 0 Å². The van der Waals surface area contributed by atoms with Crippen LogP contribution in [0.15, 0.2) is 42.9 Å². The lowest BCUT2D eigenvalue weighted by molar-refractivity contribution is 0.0950. The topological polar surface area (TPSA) is 101 Å². The lowest BCUT2D eigenvalue weighted by Crippen LogP contribution is -2.33. The molecule has 0 aromatic carbocycles. The van der Waals surface area contributed by atoms with Crippen molar-refractivity contribution in [2.75, 3.05) is 30.8 Å². The first kappa shape index (κ1) is 18.8. The highest BCUT2D eigenvalue weighted by Crippen LogP contribution is 2.14. The van der Waals surface area contributed by atoms with E-state index in [2.05, 4.69) is 15.3 Å². The highest BCUT2D eigenvalue weighted by molar-refractivity contribution is 7.92. The van der Waals surface area contributed by atoms with E-state index in [9.17, 15) is 13.2 Å². The summed E-state index contributed by atoms with van der Waals surface area (Å²) in [6.45, 7) is 0.727. The molecule has 0 saturated carbocycles. The van der Waals surface area contributed by atoms with Crippen molar-refractivity contribution >= 4 is 21.7 Å². The number of amides is 1. The minimum Gasteiger partial charge on any atom is -0.383 e. The van der Waals surface area contributed by atoms with Crippen molar-refractivity contribution in [2.24, 2.45) is 0 Å². The van der Waals surface area contributed by atoms with E-state index in [-0.39, 0.29) is 25.6 Å². The number of nitrogens with zero attached hydrogens (tertiary/aromatic N) is 3. The molecule has 0 radical (unpaired) electrons. The highest BCUT2D eigenvalue weighted by Gasteiger charge is 2.18. The van der Waals surface area contributed by atoms with Gasteiger partial charge in [0.25, 0.3) is 5.91 Å². The van der Waals surface area contributed by atoms with Crippen molar-refractivity contribution in [3.05, 3.63) is 54.0 Å². The third-order valence-electron chi connectivity index (χ3n) is 3.36. The first-order chi connectivity index (χ1) is 11.9. The Balaban J connectivity index is 2.02. The van der Waals surface area contributed by atoms with Gasteiger partial charge in [-0.25, -0.2) is 13.4 Å². The Morgan fingerprint density at radius 1 is 1.24 bits per heavy atom. The zero-order valence-electron chi connectivity index (χ0n) is 14.0. The van der Waals surface area contributed by atoms with Crippen molar-refractivity contribution in [3.8, 4) is 0 Å². The molecule has 8 nitrogen and oxygen atoms in total. The minimum atomic E-state index is -3.45. The van der Waals surface area contributed by atoms with E-state index in [0.717, 1.165) is 11.8 Å². The highest BCUT2D eigenvalue weighted by atomic mass is 32.2. The van der Waals surface area contributed by atoms with Gasteiger partial charge in [-0.3, -0.25) is 14.1 Å². The van der Waals surface area contributed by atoms with Gasteiger partial charge in [-0.1, -0.05) is 6.07 Å². The Morgan fingerprint density at radius 2 is 1.96 bits per heavy atom. The number of rotatable bonds is 8. The SMILES string of the molecule is COCCN(c1ccc(CNC(=O)c2ccncc2)cn1)S(C)(=O)=O. The predicted molar refractivity (Wildman–Crippen MR) is 93.7 cm³/mol. The third kappa shape index (κ3) is 5.50. The second-order valence-corrected chi connectivity index (χ2v) is 7.18. The molecule has 0 aliphatic heterocycles. The summed E-state index contributed by atoms with van der Waals surface area (Å²) >= 11 is 0. The van der Waals surface area contributed by atoms with Crippen LogP contribution >= 0.6 is 0 Å². The lowest BCUT2D eigenvalue weighted by Gasteiger charge is -2.21. The zero-order valence-corrected chi connectivity index (χ0v) is 14.9. The maximum atomic E-state index is 12.0. The second kappa shape index (κ2) is 8.54. The quantitative estimate of drug-likeness (QED) is 0.744. The molecule has 134 valence electrons. The van der Waals surface area contributed by atoms with Crippen LogP contribution in [0.25, 0.3) is 0 Å². The number of aromatic nitrogens is 2.